The molecule has 7 atom stereocenters. The van der Waals surface area contributed by atoms with E-state index >= 15 is 0 Å². The number of Topliss-reactive ketones (excluding diaryl/α,β-unsaturated/α-hetero) is 1. The van der Waals surface area contributed by atoms with Gasteiger partial charge in [0.05, 0.1) is 6.42 Å². The van der Waals surface area contributed by atoms with Crippen LogP contribution in [0, 0.1) is 34.5 Å². The molecule has 9 heteroatoms. The van der Waals surface area contributed by atoms with Crippen molar-refractivity contribution in [2.75, 3.05) is 6.61 Å². The molecule has 0 aliphatic heterocycles. The number of carboxylic acids is 1. The van der Waals surface area contributed by atoms with E-state index in [0.717, 1.165) is 32.1 Å². The fourth-order valence-electron chi connectivity index (χ4n) is 8.55. The third-order valence-corrected chi connectivity index (χ3v) is 10.8. The molecule has 1 amide bonds. The first-order chi connectivity index (χ1) is 18.7. The zero-order valence-electron chi connectivity index (χ0n) is 24.3. The molecule has 0 spiro atoms. The van der Waals surface area contributed by atoms with E-state index in [1.165, 1.54) is 5.57 Å². The molecule has 0 aromatic carbocycles. The van der Waals surface area contributed by atoms with Crippen molar-refractivity contribution in [3.8, 4) is 0 Å². The summed E-state index contributed by atoms with van der Waals surface area (Å²) >= 11 is 0. The third kappa shape index (κ3) is 5.50. The van der Waals surface area contributed by atoms with Crippen LogP contribution in [0.2, 0.25) is 0 Å². The lowest BCUT2D eigenvalue weighted by Crippen LogP contribution is -2.58. The minimum absolute atomic E-state index is 0.00393. The monoisotopic (exact) mass is 559 g/mol. The second-order valence-electron chi connectivity index (χ2n) is 13.5. The number of ketones is 2. The van der Waals surface area contributed by atoms with Gasteiger partial charge in [0.2, 0.25) is 11.7 Å². The highest BCUT2D eigenvalue weighted by Crippen LogP contribution is 2.67. The molecule has 222 valence electrons. The molecule has 9 nitrogen and oxygen atoms in total. The predicted molar refractivity (Wildman–Crippen MR) is 146 cm³/mol. The number of rotatable bonds is 10. The normalized spacial score (nSPS) is 35.6. The maximum Gasteiger partial charge on any atom is 0.326 e. The molecule has 3 fully saturated rings. The molecule has 0 aromatic rings. The van der Waals surface area contributed by atoms with Gasteiger partial charge < -0.3 is 20.3 Å². The highest BCUT2D eigenvalue weighted by Gasteiger charge is 2.66. The minimum Gasteiger partial charge on any atom is -0.480 e. The fraction of sp³-hybridized carbons (Fsp3) is 0.774. The van der Waals surface area contributed by atoms with Crippen LogP contribution in [-0.2, 0) is 28.7 Å². The van der Waals surface area contributed by atoms with Crippen LogP contribution in [0.25, 0.3) is 0 Å². The van der Waals surface area contributed by atoms with Gasteiger partial charge in [-0.25, -0.2) is 4.79 Å². The fourth-order valence-corrected chi connectivity index (χ4v) is 8.55. The number of allylic oxidation sites excluding steroid dienone is 1. The summed E-state index contributed by atoms with van der Waals surface area (Å²) in [6.45, 7) is 7.46. The van der Waals surface area contributed by atoms with E-state index in [9.17, 15) is 34.2 Å². The van der Waals surface area contributed by atoms with E-state index < -0.39 is 47.3 Å². The molecule has 0 bridgehead atoms. The highest BCUT2D eigenvalue weighted by molar-refractivity contribution is 5.92. The van der Waals surface area contributed by atoms with Crippen molar-refractivity contribution in [2.45, 2.75) is 110 Å². The second kappa shape index (κ2) is 11.4. The van der Waals surface area contributed by atoms with Crippen molar-refractivity contribution < 1.29 is 38.9 Å². The van der Waals surface area contributed by atoms with Crippen LogP contribution in [-0.4, -0.2) is 57.9 Å². The number of esters is 1. The Morgan fingerprint density at radius 1 is 1.02 bits per heavy atom. The molecule has 0 aromatic heterocycles. The summed E-state index contributed by atoms with van der Waals surface area (Å²) in [5, 5.41) is 23.5. The van der Waals surface area contributed by atoms with Gasteiger partial charge in [-0.05, 0) is 86.5 Å². The van der Waals surface area contributed by atoms with E-state index in [4.69, 9.17) is 4.74 Å². The summed E-state index contributed by atoms with van der Waals surface area (Å²) in [7, 11) is 0. The molecule has 3 N–H and O–H groups in total. The largest absolute Gasteiger partial charge is 0.480 e. The Kier molecular flexibility index (Phi) is 8.65. The first-order valence-electron chi connectivity index (χ1n) is 14.9. The summed E-state index contributed by atoms with van der Waals surface area (Å²) in [6.07, 6.45) is 7.57. The first-order valence-corrected chi connectivity index (χ1v) is 14.9. The van der Waals surface area contributed by atoms with Crippen LogP contribution in [0.3, 0.4) is 0 Å². The number of hydrogen-bond acceptors (Lipinski definition) is 7. The Morgan fingerprint density at radius 3 is 2.40 bits per heavy atom. The van der Waals surface area contributed by atoms with Crippen molar-refractivity contribution in [3.63, 3.8) is 0 Å². The van der Waals surface area contributed by atoms with Crippen LogP contribution in [0.1, 0.15) is 98.3 Å². The Morgan fingerprint density at radius 2 is 1.73 bits per heavy atom. The number of nitrogens with one attached hydrogen (secondary N) is 1. The van der Waals surface area contributed by atoms with Gasteiger partial charge in [0.25, 0.3) is 0 Å². The molecule has 4 aliphatic rings. The molecular weight excluding hydrogens is 514 g/mol. The van der Waals surface area contributed by atoms with Crippen LogP contribution in [0.15, 0.2) is 11.6 Å². The summed E-state index contributed by atoms with van der Waals surface area (Å²) in [4.78, 5) is 61.3. The average Bonchev–Trinajstić information content (AvgIpc) is 3.17. The molecule has 0 saturated heterocycles. The van der Waals surface area contributed by atoms with Crippen LogP contribution in [0.5, 0.6) is 0 Å². The molecule has 4 aliphatic carbocycles. The third-order valence-electron chi connectivity index (χ3n) is 10.8. The number of fused-ring (bicyclic) bond motifs is 5. The maximum absolute atomic E-state index is 13.4. The van der Waals surface area contributed by atoms with Gasteiger partial charge in [0, 0.05) is 18.3 Å². The minimum atomic E-state index is -1.58. The zero-order valence-corrected chi connectivity index (χ0v) is 24.3. The first kappa shape index (κ1) is 30.4. The van der Waals surface area contributed by atoms with Crippen molar-refractivity contribution in [1.82, 2.24) is 5.32 Å². The standard InChI is InChI=1S/C31H45NO8/c1-18(2)15-24(28(37)38)32-26(35)7-8-27(36)40-17-25(34)31(39)14-11-23-21-6-5-19-16-20(33)9-12-29(19,3)22(21)10-13-30(23,31)4/h16,18,21-24,39H,5-15,17H2,1-4H3,(H,32,35)(H,37,38)/t21-,22-,23+,24-,29-,30-,31-/m0/s1. The van der Waals surface area contributed by atoms with Crippen LogP contribution in [0.4, 0.5) is 0 Å². The van der Waals surface area contributed by atoms with Gasteiger partial charge in [0.1, 0.15) is 11.6 Å². The van der Waals surface area contributed by atoms with E-state index in [-0.39, 0.29) is 42.3 Å². The van der Waals surface area contributed by atoms with E-state index in [2.05, 4.69) is 12.2 Å². The topological polar surface area (TPSA) is 147 Å². The maximum atomic E-state index is 13.4. The quantitative estimate of drug-likeness (QED) is 0.343. The molecule has 4 rings (SSSR count). The summed E-state index contributed by atoms with van der Waals surface area (Å²) in [5.41, 5.74) is -0.908. The van der Waals surface area contributed by atoms with Crippen LogP contribution < -0.4 is 5.32 Å². The number of carbonyl (C=O) groups is 5. The van der Waals surface area contributed by atoms with E-state index in [1.807, 2.05) is 26.8 Å². The Bertz CT molecular complexity index is 1100. The van der Waals surface area contributed by atoms with Gasteiger partial charge >= 0.3 is 11.9 Å². The van der Waals surface area contributed by atoms with Gasteiger partial charge in [0.15, 0.2) is 12.4 Å². The molecule has 40 heavy (non-hydrogen) atoms. The van der Waals surface area contributed by atoms with Crippen molar-refractivity contribution >= 4 is 29.4 Å². The summed E-state index contributed by atoms with van der Waals surface area (Å²) < 4.78 is 5.19. The number of aliphatic hydroxyl groups is 1. The van der Waals surface area contributed by atoms with E-state index in [1.54, 1.807) is 0 Å². The number of ether oxygens (including phenoxy) is 1. The number of carboxylic acid groups (broad SMARTS) is 1. The van der Waals surface area contributed by atoms with Gasteiger partial charge in [-0.15, -0.1) is 0 Å². The van der Waals surface area contributed by atoms with Crippen molar-refractivity contribution in [3.05, 3.63) is 11.6 Å². The zero-order chi connectivity index (χ0) is 29.5. The van der Waals surface area contributed by atoms with Gasteiger partial charge in [-0.1, -0.05) is 33.3 Å². The molecule has 0 heterocycles. The highest BCUT2D eigenvalue weighted by atomic mass is 16.5. The number of aliphatic carboxylic acids is 1. The average molecular weight is 560 g/mol. The molecule has 0 unspecified atom stereocenters. The smallest absolute Gasteiger partial charge is 0.326 e. The van der Waals surface area contributed by atoms with Gasteiger partial charge in [-0.3, -0.25) is 19.2 Å². The second-order valence-corrected chi connectivity index (χ2v) is 13.5. The van der Waals surface area contributed by atoms with Crippen LogP contribution >= 0.6 is 0 Å². The predicted octanol–water partition coefficient (Wildman–Crippen LogP) is 3.76. The number of amides is 1. The van der Waals surface area contributed by atoms with Crippen molar-refractivity contribution in [2.24, 2.45) is 34.5 Å². The number of hydrogen-bond donors (Lipinski definition) is 3. The molecular formula is C31H45NO8. The Hall–Kier alpha value is -2.55. The van der Waals surface area contributed by atoms with Gasteiger partial charge in [-0.2, -0.15) is 0 Å². The lowest BCUT2D eigenvalue weighted by Gasteiger charge is -2.58. The molecule has 0 radical (unpaired) electrons. The lowest BCUT2D eigenvalue weighted by molar-refractivity contribution is -0.170. The van der Waals surface area contributed by atoms with E-state index in [0.29, 0.717) is 31.1 Å². The SMILES string of the molecule is CC(C)C[C@H](NC(=O)CCC(=O)OCC(=O)[C@@]1(O)CC[C@@H]2[C@H]3CCC4=CC(=O)CC[C@]4(C)[C@H]3CC[C@@]21C)C(=O)O. The van der Waals surface area contributed by atoms with Crippen molar-refractivity contribution in [1.29, 1.82) is 0 Å². The summed E-state index contributed by atoms with van der Waals surface area (Å²) in [6, 6.07) is -1.03. The lowest BCUT2D eigenvalue weighted by atomic mass is 9.46. The Balaban J connectivity index is 1.33. The summed E-state index contributed by atoms with van der Waals surface area (Å²) in [5.74, 6) is -1.65. The number of carbonyl (C=O) groups excluding carboxylic acids is 4. The molecule has 3 saturated carbocycles. The Labute approximate surface area is 236 Å².